The van der Waals surface area contributed by atoms with E-state index in [1.807, 2.05) is 28.0 Å². The number of nitrogens with zero attached hydrogens (tertiary/aromatic N) is 3. The molecule has 3 atom stereocenters. The molecule has 0 saturated carbocycles. The van der Waals surface area contributed by atoms with E-state index in [0.29, 0.717) is 44.6 Å². The predicted molar refractivity (Wildman–Crippen MR) is 125 cm³/mol. The summed E-state index contributed by atoms with van der Waals surface area (Å²) in [5, 5.41) is 0. The largest absolute Gasteiger partial charge is 0.383 e. The molecule has 0 N–H and O–H groups in total. The molecule has 4 rings (SSSR count). The van der Waals surface area contributed by atoms with Crippen LogP contribution in [0.15, 0.2) is 30.3 Å². The molecule has 1 aromatic carbocycles. The summed E-state index contributed by atoms with van der Waals surface area (Å²) in [6, 6.07) is 10.9. The molecular formula is C26H39N3O3. The highest BCUT2D eigenvalue weighted by molar-refractivity contribution is 5.89. The Bertz CT molecular complexity index is 754. The Labute approximate surface area is 192 Å². The Kier molecular flexibility index (Phi) is 8.20. The zero-order valence-electron chi connectivity index (χ0n) is 19.6. The SMILES string of the molecule is COCCN(C[C@@H]1CCCN2CCCC[C@H]12)C(=O)[C@H]1CC(=O)N(CCc2ccccc2)C1. The topological polar surface area (TPSA) is 53.1 Å². The van der Waals surface area contributed by atoms with Gasteiger partial charge in [-0.3, -0.25) is 9.59 Å². The predicted octanol–water partition coefficient (Wildman–Crippen LogP) is 2.82. The molecule has 0 aliphatic carbocycles. The molecule has 0 spiro atoms. The zero-order valence-corrected chi connectivity index (χ0v) is 19.6. The van der Waals surface area contributed by atoms with Gasteiger partial charge in [0.2, 0.25) is 11.8 Å². The number of rotatable bonds is 9. The highest BCUT2D eigenvalue weighted by Crippen LogP contribution is 2.32. The number of likely N-dealkylation sites (tertiary alicyclic amines) is 1. The number of methoxy groups -OCH3 is 1. The van der Waals surface area contributed by atoms with Gasteiger partial charge in [-0.25, -0.2) is 0 Å². The van der Waals surface area contributed by atoms with Gasteiger partial charge in [0.1, 0.15) is 0 Å². The van der Waals surface area contributed by atoms with Gasteiger partial charge in [0.15, 0.2) is 0 Å². The van der Waals surface area contributed by atoms with Crippen molar-refractivity contribution < 1.29 is 14.3 Å². The van der Waals surface area contributed by atoms with Gasteiger partial charge in [0.05, 0.1) is 12.5 Å². The summed E-state index contributed by atoms with van der Waals surface area (Å²) < 4.78 is 5.33. The van der Waals surface area contributed by atoms with Crippen molar-refractivity contribution in [3.8, 4) is 0 Å². The average Bonchev–Trinajstić information content (AvgIpc) is 3.21. The summed E-state index contributed by atoms with van der Waals surface area (Å²) in [5.74, 6) is 0.574. The second kappa shape index (κ2) is 11.3. The fourth-order valence-electron chi connectivity index (χ4n) is 5.89. The standard InChI is InChI=1S/C26H39N3O3/c1-32-17-16-29(19-22-10-7-14-27-13-6-5-11-24(22)27)26(31)23-18-25(30)28(20-23)15-12-21-8-3-2-4-9-21/h2-4,8-9,22-24H,5-7,10-20H2,1H3/t22-,23-,24+/m0/s1. The molecule has 6 nitrogen and oxygen atoms in total. The molecule has 0 radical (unpaired) electrons. The van der Waals surface area contributed by atoms with E-state index >= 15 is 0 Å². The molecule has 3 saturated heterocycles. The Morgan fingerprint density at radius 1 is 1.12 bits per heavy atom. The highest BCUT2D eigenvalue weighted by Gasteiger charge is 2.39. The molecule has 176 valence electrons. The molecular weight excluding hydrogens is 402 g/mol. The third-order valence-electron chi connectivity index (χ3n) is 7.64. The normalized spacial score (nSPS) is 26.2. The zero-order chi connectivity index (χ0) is 22.3. The number of carbonyl (C=O) groups is 2. The van der Waals surface area contributed by atoms with Gasteiger partial charge in [0.25, 0.3) is 0 Å². The Morgan fingerprint density at radius 3 is 2.75 bits per heavy atom. The summed E-state index contributed by atoms with van der Waals surface area (Å²) in [7, 11) is 1.69. The van der Waals surface area contributed by atoms with Crippen LogP contribution in [-0.4, -0.2) is 85.5 Å². The van der Waals surface area contributed by atoms with Crippen LogP contribution in [0.4, 0.5) is 0 Å². The summed E-state index contributed by atoms with van der Waals surface area (Å²) in [6.07, 6.45) is 7.47. The summed E-state index contributed by atoms with van der Waals surface area (Å²) >= 11 is 0. The molecule has 3 aliphatic heterocycles. The Morgan fingerprint density at radius 2 is 1.94 bits per heavy atom. The maximum Gasteiger partial charge on any atom is 0.228 e. The van der Waals surface area contributed by atoms with Gasteiger partial charge >= 0.3 is 0 Å². The van der Waals surface area contributed by atoms with Crippen LogP contribution in [0, 0.1) is 11.8 Å². The van der Waals surface area contributed by atoms with Crippen molar-refractivity contribution >= 4 is 11.8 Å². The van der Waals surface area contributed by atoms with Gasteiger partial charge in [0, 0.05) is 45.8 Å². The maximum absolute atomic E-state index is 13.5. The van der Waals surface area contributed by atoms with Gasteiger partial charge in [-0.2, -0.15) is 0 Å². The summed E-state index contributed by atoms with van der Waals surface area (Å²) in [4.78, 5) is 32.7. The number of hydrogen-bond donors (Lipinski definition) is 0. The third kappa shape index (κ3) is 5.70. The van der Waals surface area contributed by atoms with E-state index in [0.717, 1.165) is 13.0 Å². The highest BCUT2D eigenvalue weighted by atomic mass is 16.5. The molecule has 3 heterocycles. The molecule has 2 amide bonds. The lowest BCUT2D eigenvalue weighted by Crippen LogP contribution is -2.52. The van der Waals surface area contributed by atoms with Crippen LogP contribution >= 0.6 is 0 Å². The van der Waals surface area contributed by atoms with Crippen molar-refractivity contribution in [3.05, 3.63) is 35.9 Å². The number of amides is 2. The van der Waals surface area contributed by atoms with Crippen LogP contribution < -0.4 is 0 Å². The lowest BCUT2D eigenvalue weighted by Gasteiger charge is -2.46. The van der Waals surface area contributed by atoms with Gasteiger partial charge in [-0.05, 0) is 56.7 Å². The monoisotopic (exact) mass is 441 g/mol. The first-order valence-electron chi connectivity index (χ1n) is 12.5. The van der Waals surface area contributed by atoms with Crippen molar-refractivity contribution in [2.24, 2.45) is 11.8 Å². The molecule has 0 unspecified atom stereocenters. The van der Waals surface area contributed by atoms with E-state index < -0.39 is 0 Å². The number of fused-ring (bicyclic) bond motifs is 1. The van der Waals surface area contributed by atoms with Gasteiger partial charge in [-0.15, -0.1) is 0 Å². The minimum absolute atomic E-state index is 0.113. The first-order chi connectivity index (χ1) is 15.7. The van der Waals surface area contributed by atoms with Crippen LogP contribution in [0.5, 0.6) is 0 Å². The fraction of sp³-hybridized carbons (Fsp3) is 0.692. The minimum Gasteiger partial charge on any atom is -0.383 e. The second-order valence-corrected chi connectivity index (χ2v) is 9.75. The van der Waals surface area contributed by atoms with Crippen LogP contribution in [0.25, 0.3) is 0 Å². The number of piperidine rings is 2. The van der Waals surface area contributed by atoms with E-state index in [4.69, 9.17) is 4.74 Å². The molecule has 6 heteroatoms. The Balaban J connectivity index is 1.36. The van der Waals surface area contributed by atoms with E-state index in [9.17, 15) is 9.59 Å². The minimum atomic E-state index is -0.221. The van der Waals surface area contributed by atoms with E-state index in [2.05, 4.69) is 17.0 Å². The van der Waals surface area contributed by atoms with Gasteiger partial charge in [-0.1, -0.05) is 36.8 Å². The van der Waals surface area contributed by atoms with Crippen molar-refractivity contribution in [1.29, 1.82) is 0 Å². The number of carbonyl (C=O) groups excluding carboxylic acids is 2. The van der Waals surface area contributed by atoms with Crippen molar-refractivity contribution in [2.45, 2.75) is 51.0 Å². The molecule has 32 heavy (non-hydrogen) atoms. The van der Waals surface area contributed by atoms with Crippen LogP contribution in [0.2, 0.25) is 0 Å². The maximum atomic E-state index is 13.5. The van der Waals surface area contributed by atoms with Crippen molar-refractivity contribution in [1.82, 2.24) is 14.7 Å². The molecule has 3 aliphatic rings. The van der Waals surface area contributed by atoms with Crippen molar-refractivity contribution in [3.63, 3.8) is 0 Å². The molecule has 0 bridgehead atoms. The van der Waals surface area contributed by atoms with Crippen LogP contribution in [0.1, 0.15) is 44.1 Å². The fourth-order valence-corrected chi connectivity index (χ4v) is 5.89. The lowest BCUT2D eigenvalue weighted by molar-refractivity contribution is -0.137. The van der Waals surface area contributed by atoms with E-state index in [1.165, 1.54) is 50.8 Å². The average molecular weight is 442 g/mol. The summed E-state index contributed by atoms with van der Waals surface area (Å²) in [6.45, 7) is 5.62. The number of hydrogen-bond acceptors (Lipinski definition) is 4. The van der Waals surface area contributed by atoms with Crippen LogP contribution in [0.3, 0.4) is 0 Å². The van der Waals surface area contributed by atoms with Crippen molar-refractivity contribution in [2.75, 3.05) is 53.0 Å². The number of ether oxygens (including phenoxy) is 1. The van der Waals surface area contributed by atoms with Gasteiger partial charge < -0.3 is 19.4 Å². The van der Waals surface area contributed by atoms with Crippen LogP contribution in [-0.2, 0) is 20.7 Å². The molecule has 0 aromatic heterocycles. The van der Waals surface area contributed by atoms with E-state index in [1.54, 1.807) is 7.11 Å². The second-order valence-electron chi connectivity index (χ2n) is 9.75. The third-order valence-corrected chi connectivity index (χ3v) is 7.64. The molecule has 1 aromatic rings. The number of benzene rings is 1. The quantitative estimate of drug-likeness (QED) is 0.591. The first-order valence-corrected chi connectivity index (χ1v) is 12.5. The summed E-state index contributed by atoms with van der Waals surface area (Å²) in [5.41, 5.74) is 1.23. The Hall–Kier alpha value is -1.92. The first kappa shape index (κ1) is 23.2. The van der Waals surface area contributed by atoms with E-state index in [-0.39, 0.29) is 17.7 Å². The lowest BCUT2D eigenvalue weighted by atomic mass is 9.83. The molecule has 3 fully saturated rings. The smallest absolute Gasteiger partial charge is 0.228 e.